The van der Waals surface area contributed by atoms with Crippen LogP contribution in [0.2, 0.25) is 0 Å². The first-order valence-corrected chi connectivity index (χ1v) is 10.4. The topological polar surface area (TPSA) is 43.4 Å². The summed E-state index contributed by atoms with van der Waals surface area (Å²) in [4.78, 5) is 5.07. The zero-order valence-corrected chi connectivity index (χ0v) is 17.3. The fourth-order valence-electron chi connectivity index (χ4n) is 3.64. The maximum Gasteiger partial charge on any atom is 0.0879 e. The van der Waals surface area contributed by atoms with Crippen LogP contribution in [-0.2, 0) is 18.9 Å². The molecule has 2 fully saturated rings. The Balaban J connectivity index is 1.74. The Hall–Kier alpha value is -0.240. The van der Waals surface area contributed by atoms with Crippen LogP contribution >= 0.6 is 0 Å². The lowest BCUT2D eigenvalue weighted by Crippen LogP contribution is -2.58. The first-order valence-electron chi connectivity index (χ1n) is 10.4. The quantitative estimate of drug-likeness (QED) is 0.517. The Kier molecular flexibility index (Phi) is 10.4. The number of ether oxygens (including phenoxy) is 4. The van der Waals surface area contributed by atoms with Crippen LogP contribution < -0.4 is 0 Å². The SMILES string of the molecule is CC(C)OCCCN1CCOC([C@H]2COCCN2CCCOC(C)C)C1. The van der Waals surface area contributed by atoms with Gasteiger partial charge in [0, 0.05) is 45.9 Å². The molecule has 2 aliphatic heterocycles. The zero-order chi connectivity index (χ0) is 18.8. The van der Waals surface area contributed by atoms with Gasteiger partial charge < -0.3 is 18.9 Å². The fraction of sp³-hybridized carbons (Fsp3) is 1.00. The Labute approximate surface area is 160 Å². The first-order chi connectivity index (χ1) is 12.6. The van der Waals surface area contributed by atoms with Crippen molar-refractivity contribution in [2.24, 2.45) is 0 Å². The zero-order valence-electron chi connectivity index (χ0n) is 17.3. The maximum absolute atomic E-state index is 6.14. The van der Waals surface area contributed by atoms with Gasteiger partial charge in [0.1, 0.15) is 0 Å². The van der Waals surface area contributed by atoms with Crippen molar-refractivity contribution in [3.63, 3.8) is 0 Å². The predicted octanol–water partition coefficient (Wildman–Crippen LogP) is 2.02. The van der Waals surface area contributed by atoms with E-state index in [-0.39, 0.29) is 6.10 Å². The summed E-state index contributed by atoms with van der Waals surface area (Å²) in [5.74, 6) is 0. The first kappa shape index (κ1) is 22.1. The van der Waals surface area contributed by atoms with Crippen LogP contribution in [0.1, 0.15) is 40.5 Å². The van der Waals surface area contributed by atoms with E-state index in [0.717, 1.165) is 78.6 Å². The van der Waals surface area contributed by atoms with Gasteiger partial charge in [0.15, 0.2) is 0 Å². The number of nitrogens with zero attached hydrogens (tertiary/aromatic N) is 2. The van der Waals surface area contributed by atoms with Crippen molar-refractivity contribution in [3.05, 3.63) is 0 Å². The summed E-state index contributed by atoms with van der Waals surface area (Å²) in [6.07, 6.45) is 3.02. The van der Waals surface area contributed by atoms with Gasteiger partial charge in [0.2, 0.25) is 0 Å². The molecule has 0 saturated carbocycles. The van der Waals surface area contributed by atoms with E-state index in [1.807, 2.05) is 0 Å². The van der Waals surface area contributed by atoms with Crippen LogP contribution in [0.25, 0.3) is 0 Å². The van der Waals surface area contributed by atoms with Gasteiger partial charge in [0.05, 0.1) is 44.2 Å². The van der Waals surface area contributed by atoms with Crippen molar-refractivity contribution in [1.82, 2.24) is 9.80 Å². The molecular formula is C20H40N2O4. The summed E-state index contributed by atoms with van der Waals surface area (Å²) in [5, 5.41) is 0. The molecule has 0 spiro atoms. The van der Waals surface area contributed by atoms with E-state index in [9.17, 15) is 0 Å². The number of hydrogen-bond donors (Lipinski definition) is 0. The largest absolute Gasteiger partial charge is 0.379 e. The molecule has 0 aromatic heterocycles. The summed E-state index contributed by atoms with van der Waals surface area (Å²) in [7, 11) is 0. The summed E-state index contributed by atoms with van der Waals surface area (Å²) < 4.78 is 23.3. The Morgan fingerprint density at radius 1 is 0.923 bits per heavy atom. The van der Waals surface area contributed by atoms with Gasteiger partial charge in [-0.25, -0.2) is 0 Å². The maximum atomic E-state index is 6.14. The van der Waals surface area contributed by atoms with Crippen molar-refractivity contribution < 1.29 is 18.9 Å². The number of morpholine rings is 2. The van der Waals surface area contributed by atoms with E-state index < -0.39 is 0 Å². The van der Waals surface area contributed by atoms with Crippen molar-refractivity contribution in [2.45, 2.75) is 64.9 Å². The minimum absolute atomic E-state index is 0.237. The summed E-state index contributed by atoms with van der Waals surface area (Å²) >= 11 is 0. The van der Waals surface area contributed by atoms with Gasteiger partial charge in [0.25, 0.3) is 0 Å². The smallest absolute Gasteiger partial charge is 0.0879 e. The highest BCUT2D eigenvalue weighted by atomic mass is 16.5. The van der Waals surface area contributed by atoms with Crippen LogP contribution in [0, 0.1) is 0 Å². The van der Waals surface area contributed by atoms with E-state index in [4.69, 9.17) is 18.9 Å². The van der Waals surface area contributed by atoms with E-state index >= 15 is 0 Å². The molecule has 154 valence electrons. The molecule has 2 aliphatic rings. The van der Waals surface area contributed by atoms with E-state index in [2.05, 4.69) is 37.5 Å². The van der Waals surface area contributed by atoms with Crippen LogP contribution in [0.15, 0.2) is 0 Å². The fourth-order valence-corrected chi connectivity index (χ4v) is 3.64. The molecule has 0 aliphatic carbocycles. The normalized spacial score (nSPS) is 26.1. The van der Waals surface area contributed by atoms with Crippen molar-refractivity contribution in [2.75, 3.05) is 65.8 Å². The molecule has 0 amide bonds. The lowest BCUT2D eigenvalue weighted by atomic mass is 10.1. The highest BCUT2D eigenvalue weighted by molar-refractivity contribution is 4.87. The molecule has 6 nitrogen and oxygen atoms in total. The van der Waals surface area contributed by atoms with Crippen LogP contribution in [0.3, 0.4) is 0 Å². The minimum Gasteiger partial charge on any atom is -0.379 e. The van der Waals surface area contributed by atoms with E-state index in [0.29, 0.717) is 18.2 Å². The molecular weight excluding hydrogens is 332 g/mol. The van der Waals surface area contributed by atoms with Crippen molar-refractivity contribution >= 4 is 0 Å². The average molecular weight is 373 g/mol. The minimum atomic E-state index is 0.237. The van der Waals surface area contributed by atoms with Gasteiger partial charge in [-0.15, -0.1) is 0 Å². The summed E-state index contributed by atoms with van der Waals surface area (Å²) in [6.45, 7) is 17.6. The van der Waals surface area contributed by atoms with E-state index in [1.54, 1.807) is 0 Å². The van der Waals surface area contributed by atoms with E-state index in [1.165, 1.54) is 0 Å². The molecule has 0 radical (unpaired) electrons. The summed E-state index contributed by atoms with van der Waals surface area (Å²) in [6, 6.07) is 0.359. The lowest BCUT2D eigenvalue weighted by Gasteiger charge is -2.43. The molecule has 6 heteroatoms. The second kappa shape index (κ2) is 12.3. The Morgan fingerprint density at radius 3 is 2.31 bits per heavy atom. The lowest BCUT2D eigenvalue weighted by molar-refractivity contribution is -0.115. The Bertz CT molecular complexity index is 368. The molecule has 2 saturated heterocycles. The number of rotatable bonds is 11. The highest BCUT2D eigenvalue weighted by Crippen LogP contribution is 2.18. The molecule has 26 heavy (non-hydrogen) atoms. The second-order valence-electron chi connectivity index (χ2n) is 7.93. The molecule has 2 heterocycles. The summed E-state index contributed by atoms with van der Waals surface area (Å²) in [5.41, 5.74) is 0. The molecule has 2 rings (SSSR count). The third-order valence-corrected chi connectivity index (χ3v) is 5.00. The number of hydrogen-bond acceptors (Lipinski definition) is 6. The monoisotopic (exact) mass is 372 g/mol. The predicted molar refractivity (Wildman–Crippen MR) is 104 cm³/mol. The van der Waals surface area contributed by atoms with Crippen molar-refractivity contribution in [1.29, 1.82) is 0 Å². The molecule has 0 bridgehead atoms. The molecule has 0 aromatic carbocycles. The van der Waals surface area contributed by atoms with Gasteiger partial charge in [-0.2, -0.15) is 0 Å². The van der Waals surface area contributed by atoms with Gasteiger partial charge in [-0.1, -0.05) is 0 Å². The highest BCUT2D eigenvalue weighted by Gasteiger charge is 2.34. The standard InChI is InChI=1S/C20H40N2O4/c1-17(2)24-11-5-7-21-9-14-26-20(15-21)19-16-23-13-10-22(19)8-6-12-25-18(3)4/h17-20H,5-16H2,1-4H3/t19-,20?/m1/s1. The molecule has 1 unspecified atom stereocenters. The third-order valence-electron chi connectivity index (χ3n) is 5.00. The molecule has 0 N–H and O–H groups in total. The average Bonchev–Trinajstić information content (AvgIpc) is 2.63. The Morgan fingerprint density at radius 2 is 1.62 bits per heavy atom. The second-order valence-corrected chi connectivity index (χ2v) is 7.93. The van der Waals surface area contributed by atoms with Crippen LogP contribution in [0.5, 0.6) is 0 Å². The van der Waals surface area contributed by atoms with Gasteiger partial charge in [-0.05, 0) is 40.5 Å². The van der Waals surface area contributed by atoms with Gasteiger partial charge in [-0.3, -0.25) is 9.80 Å². The van der Waals surface area contributed by atoms with Gasteiger partial charge >= 0.3 is 0 Å². The van der Waals surface area contributed by atoms with Crippen molar-refractivity contribution in [3.8, 4) is 0 Å². The molecule has 0 aromatic rings. The van der Waals surface area contributed by atoms with Crippen LogP contribution in [-0.4, -0.2) is 99.9 Å². The third kappa shape index (κ3) is 8.19. The van der Waals surface area contributed by atoms with Crippen LogP contribution in [0.4, 0.5) is 0 Å². The molecule has 2 atom stereocenters.